The molecule has 0 bridgehead atoms. The molecular weight excluding hydrogens is 264 g/mol. The standard InChI is InChI=1S/C14H15BrO/c15-13-6-2-5-11(7-13)14(8-12(14)9-16)10-3-1-4-10/h2,5-7,9-10,12H,1,3-4,8H2. The molecule has 1 aromatic carbocycles. The Bertz CT molecular complexity index is 424. The van der Waals surface area contributed by atoms with Crippen molar-refractivity contribution in [1.29, 1.82) is 0 Å². The van der Waals surface area contributed by atoms with E-state index in [-0.39, 0.29) is 11.3 Å². The number of hydrogen-bond donors (Lipinski definition) is 0. The molecule has 2 saturated carbocycles. The molecule has 0 heterocycles. The van der Waals surface area contributed by atoms with Crippen LogP contribution in [-0.2, 0) is 10.2 Å². The Balaban J connectivity index is 1.98. The van der Waals surface area contributed by atoms with Crippen LogP contribution in [0.5, 0.6) is 0 Å². The smallest absolute Gasteiger partial charge is 0.124 e. The Morgan fingerprint density at radius 3 is 2.69 bits per heavy atom. The van der Waals surface area contributed by atoms with E-state index in [4.69, 9.17) is 0 Å². The third-order valence-corrected chi connectivity index (χ3v) is 4.91. The predicted molar refractivity (Wildman–Crippen MR) is 67.3 cm³/mol. The van der Waals surface area contributed by atoms with Crippen LogP contribution >= 0.6 is 15.9 Å². The molecule has 2 unspecified atom stereocenters. The van der Waals surface area contributed by atoms with Gasteiger partial charge in [0.05, 0.1) is 0 Å². The van der Waals surface area contributed by atoms with Gasteiger partial charge in [0.2, 0.25) is 0 Å². The summed E-state index contributed by atoms with van der Waals surface area (Å²) in [6.45, 7) is 0. The Labute approximate surface area is 104 Å². The fraction of sp³-hybridized carbons (Fsp3) is 0.500. The lowest BCUT2D eigenvalue weighted by atomic mass is 9.69. The summed E-state index contributed by atoms with van der Waals surface area (Å²) in [4.78, 5) is 11.1. The van der Waals surface area contributed by atoms with E-state index in [9.17, 15) is 4.79 Å². The van der Waals surface area contributed by atoms with Crippen LogP contribution in [0.25, 0.3) is 0 Å². The van der Waals surface area contributed by atoms with Crippen molar-refractivity contribution in [1.82, 2.24) is 0 Å². The van der Waals surface area contributed by atoms with E-state index in [1.807, 2.05) is 0 Å². The van der Waals surface area contributed by atoms with E-state index in [1.165, 1.54) is 31.1 Å². The van der Waals surface area contributed by atoms with Crippen LogP contribution in [0.1, 0.15) is 31.2 Å². The minimum atomic E-state index is 0.198. The summed E-state index contributed by atoms with van der Waals surface area (Å²) in [5.74, 6) is 1.02. The maximum Gasteiger partial charge on any atom is 0.124 e. The monoisotopic (exact) mass is 278 g/mol. The van der Waals surface area contributed by atoms with Crippen LogP contribution in [0.15, 0.2) is 28.7 Å². The number of aldehydes is 1. The molecule has 2 aliphatic carbocycles. The van der Waals surface area contributed by atoms with E-state index in [0.29, 0.717) is 0 Å². The molecule has 2 atom stereocenters. The third-order valence-electron chi connectivity index (χ3n) is 4.42. The summed E-state index contributed by atoms with van der Waals surface area (Å²) < 4.78 is 1.13. The molecule has 0 aromatic heterocycles. The summed E-state index contributed by atoms with van der Waals surface area (Å²) in [7, 11) is 0. The zero-order chi connectivity index (χ0) is 11.2. The van der Waals surface area contributed by atoms with E-state index in [0.717, 1.165) is 16.8 Å². The van der Waals surface area contributed by atoms with Gasteiger partial charge in [-0.1, -0.05) is 34.5 Å². The molecule has 0 radical (unpaired) electrons. The van der Waals surface area contributed by atoms with Gasteiger partial charge < -0.3 is 4.79 Å². The van der Waals surface area contributed by atoms with Crippen LogP contribution < -0.4 is 0 Å². The second kappa shape index (κ2) is 3.69. The van der Waals surface area contributed by atoms with Crippen molar-refractivity contribution >= 4 is 22.2 Å². The van der Waals surface area contributed by atoms with Crippen molar-refractivity contribution in [2.45, 2.75) is 31.1 Å². The molecule has 16 heavy (non-hydrogen) atoms. The van der Waals surface area contributed by atoms with Gasteiger partial charge >= 0.3 is 0 Å². The Morgan fingerprint density at radius 2 is 2.19 bits per heavy atom. The zero-order valence-electron chi connectivity index (χ0n) is 9.16. The highest BCUT2D eigenvalue weighted by Crippen LogP contribution is 2.63. The normalized spacial score (nSPS) is 33.2. The van der Waals surface area contributed by atoms with Gasteiger partial charge in [-0.15, -0.1) is 0 Å². The summed E-state index contributed by atoms with van der Waals surface area (Å²) in [5.41, 5.74) is 1.56. The fourth-order valence-electron chi connectivity index (χ4n) is 3.21. The van der Waals surface area contributed by atoms with E-state index in [2.05, 4.69) is 40.2 Å². The maximum atomic E-state index is 11.1. The lowest BCUT2D eigenvalue weighted by Crippen LogP contribution is -2.29. The van der Waals surface area contributed by atoms with Crippen molar-refractivity contribution in [3.63, 3.8) is 0 Å². The average Bonchev–Trinajstić information content (AvgIpc) is 2.91. The second-order valence-corrected chi connectivity index (χ2v) is 6.04. The number of rotatable bonds is 3. The van der Waals surface area contributed by atoms with Gasteiger partial charge in [0.15, 0.2) is 0 Å². The Kier molecular flexibility index (Phi) is 2.43. The number of carbonyl (C=O) groups excluding carboxylic acids is 1. The van der Waals surface area contributed by atoms with Gasteiger partial charge in [0.1, 0.15) is 6.29 Å². The van der Waals surface area contributed by atoms with Crippen molar-refractivity contribution in [2.75, 3.05) is 0 Å². The molecule has 0 aliphatic heterocycles. The van der Waals surface area contributed by atoms with Gasteiger partial charge in [0.25, 0.3) is 0 Å². The Hall–Kier alpha value is -0.630. The van der Waals surface area contributed by atoms with Gasteiger partial charge in [-0.3, -0.25) is 0 Å². The summed E-state index contributed by atoms with van der Waals surface area (Å²) >= 11 is 3.52. The first kappa shape index (κ1) is 10.5. The van der Waals surface area contributed by atoms with E-state index >= 15 is 0 Å². The first-order valence-electron chi connectivity index (χ1n) is 5.99. The highest BCUT2D eigenvalue weighted by Gasteiger charge is 2.60. The highest BCUT2D eigenvalue weighted by molar-refractivity contribution is 9.10. The molecule has 2 aliphatic rings. The van der Waals surface area contributed by atoms with Gasteiger partial charge in [0, 0.05) is 15.8 Å². The van der Waals surface area contributed by atoms with Crippen LogP contribution in [0.3, 0.4) is 0 Å². The third kappa shape index (κ3) is 1.39. The zero-order valence-corrected chi connectivity index (χ0v) is 10.7. The van der Waals surface area contributed by atoms with Crippen LogP contribution in [0.4, 0.5) is 0 Å². The summed E-state index contributed by atoms with van der Waals surface area (Å²) in [6.07, 6.45) is 6.18. The van der Waals surface area contributed by atoms with Crippen molar-refractivity contribution in [3.05, 3.63) is 34.3 Å². The molecule has 3 rings (SSSR count). The average molecular weight is 279 g/mol. The van der Waals surface area contributed by atoms with Crippen molar-refractivity contribution in [3.8, 4) is 0 Å². The summed E-state index contributed by atoms with van der Waals surface area (Å²) in [6, 6.07) is 8.52. The molecule has 1 nitrogen and oxygen atoms in total. The minimum absolute atomic E-state index is 0.198. The van der Waals surface area contributed by atoms with E-state index < -0.39 is 0 Å². The molecule has 0 saturated heterocycles. The predicted octanol–water partition coefficient (Wildman–Crippen LogP) is 3.71. The quantitative estimate of drug-likeness (QED) is 0.771. The van der Waals surface area contributed by atoms with Gasteiger partial charge in [-0.25, -0.2) is 0 Å². The van der Waals surface area contributed by atoms with Crippen LogP contribution in [-0.4, -0.2) is 6.29 Å². The molecule has 2 heteroatoms. The lowest BCUT2D eigenvalue weighted by Gasteiger charge is -2.35. The van der Waals surface area contributed by atoms with Crippen molar-refractivity contribution < 1.29 is 4.79 Å². The second-order valence-electron chi connectivity index (χ2n) is 5.13. The SMILES string of the molecule is O=CC1CC1(c1cccc(Br)c1)C1CCC1. The highest BCUT2D eigenvalue weighted by atomic mass is 79.9. The Morgan fingerprint density at radius 1 is 1.38 bits per heavy atom. The number of benzene rings is 1. The number of halogens is 1. The fourth-order valence-corrected chi connectivity index (χ4v) is 3.61. The maximum absolute atomic E-state index is 11.1. The summed E-state index contributed by atoms with van der Waals surface area (Å²) in [5, 5.41) is 0. The largest absolute Gasteiger partial charge is 0.303 e. The first-order chi connectivity index (χ1) is 7.77. The van der Waals surface area contributed by atoms with Gasteiger partial charge in [-0.2, -0.15) is 0 Å². The van der Waals surface area contributed by atoms with Crippen LogP contribution in [0, 0.1) is 11.8 Å². The molecule has 0 N–H and O–H groups in total. The topological polar surface area (TPSA) is 17.1 Å². The molecule has 0 amide bonds. The lowest BCUT2D eigenvalue weighted by molar-refractivity contribution is -0.109. The van der Waals surface area contributed by atoms with Crippen LogP contribution in [0.2, 0.25) is 0 Å². The number of carbonyl (C=O) groups is 1. The van der Waals surface area contributed by atoms with E-state index in [1.54, 1.807) is 0 Å². The first-order valence-corrected chi connectivity index (χ1v) is 6.78. The minimum Gasteiger partial charge on any atom is -0.303 e. The molecule has 2 fully saturated rings. The van der Waals surface area contributed by atoms with Gasteiger partial charge in [-0.05, 0) is 42.9 Å². The molecule has 1 aromatic rings. The molecule has 0 spiro atoms. The molecule has 84 valence electrons. The number of hydrogen-bond acceptors (Lipinski definition) is 1. The molecular formula is C14H15BrO. The van der Waals surface area contributed by atoms with Crippen molar-refractivity contribution in [2.24, 2.45) is 11.8 Å².